The van der Waals surface area contributed by atoms with Gasteiger partial charge < -0.3 is 0 Å². The lowest BCUT2D eigenvalue weighted by atomic mass is 10.7. The Morgan fingerprint density at radius 2 is 1.89 bits per heavy atom. The second-order valence-electron chi connectivity index (χ2n) is 1.23. The molecule has 1 radical (unpaired) electrons. The third-order valence-corrected chi connectivity index (χ3v) is 1.29. The summed E-state index contributed by atoms with van der Waals surface area (Å²) in [5.41, 5.74) is -2.78. The van der Waals surface area contributed by atoms with Gasteiger partial charge in [-0.2, -0.15) is 13.2 Å². The van der Waals surface area contributed by atoms with Crippen molar-refractivity contribution in [2.24, 2.45) is 0 Å². The smallest absolute Gasteiger partial charge is 0.225 e. The van der Waals surface area contributed by atoms with Crippen LogP contribution in [0.15, 0.2) is 0 Å². The molecule has 0 nitrogen and oxygen atoms in total. The van der Waals surface area contributed by atoms with Crippen molar-refractivity contribution < 1.29 is 17.6 Å². The molecule has 0 saturated heterocycles. The molecule has 0 fully saturated rings. The van der Waals surface area contributed by atoms with Crippen molar-refractivity contribution in [3.8, 4) is 0 Å². The van der Waals surface area contributed by atoms with E-state index in [4.69, 9.17) is 0 Å². The summed E-state index contributed by atoms with van der Waals surface area (Å²) in [4.78, 5) is 0. The van der Waals surface area contributed by atoms with Gasteiger partial charge in [0.2, 0.25) is 5.50 Å². The first-order valence-electron chi connectivity index (χ1n) is 2.12. The lowest BCUT2D eigenvalue weighted by Crippen LogP contribution is -2.20. The minimum Gasteiger partial charge on any atom is -0.225 e. The molecule has 1 unspecified atom stereocenters. The summed E-state index contributed by atoms with van der Waals surface area (Å²) in [5.74, 6) is 1.07. The van der Waals surface area contributed by atoms with Crippen LogP contribution in [0, 0.1) is 5.75 Å². The normalized spacial score (nSPS) is 15.7. The fraction of sp³-hybridized carbons (Fsp3) is 0.750. The molecule has 0 aliphatic rings. The maximum absolute atomic E-state index is 11.7. The molecule has 0 bridgehead atoms. The van der Waals surface area contributed by atoms with Crippen LogP contribution in [0.4, 0.5) is 17.6 Å². The molecule has 0 aliphatic heterocycles. The molecular weight excluding hydrogens is 156 g/mol. The Balaban J connectivity index is 3.59. The van der Waals surface area contributed by atoms with Crippen LogP contribution in [0.3, 0.4) is 0 Å². The van der Waals surface area contributed by atoms with Gasteiger partial charge in [-0.3, -0.25) is 0 Å². The lowest BCUT2D eigenvalue weighted by molar-refractivity contribution is -0.153. The number of rotatable bonds is 2. The Kier molecular flexibility index (Phi) is 3.32. The van der Waals surface area contributed by atoms with Crippen molar-refractivity contribution in [1.82, 2.24) is 0 Å². The van der Waals surface area contributed by atoms with Gasteiger partial charge in [0.1, 0.15) is 0 Å². The SMILES string of the molecule is C[CH]SC(F)C(F)(F)F. The van der Waals surface area contributed by atoms with E-state index >= 15 is 0 Å². The molecule has 55 valence electrons. The van der Waals surface area contributed by atoms with Gasteiger partial charge >= 0.3 is 6.18 Å². The van der Waals surface area contributed by atoms with Gasteiger partial charge in [-0.05, 0) is 0 Å². The van der Waals surface area contributed by atoms with E-state index in [1.807, 2.05) is 0 Å². The summed E-state index contributed by atoms with van der Waals surface area (Å²) in [6.07, 6.45) is -4.73. The second-order valence-corrected chi connectivity index (χ2v) is 2.39. The molecule has 5 heteroatoms. The minimum atomic E-state index is -4.73. The van der Waals surface area contributed by atoms with Crippen molar-refractivity contribution in [2.75, 3.05) is 0 Å². The van der Waals surface area contributed by atoms with Crippen molar-refractivity contribution in [1.29, 1.82) is 0 Å². The Morgan fingerprint density at radius 3 is 2.00 bits per heavy atom. The van der Waals surface area contributed by atoms with E-state index in [1.54, 1.807) is 0 Å². The number of alkyl halides is 4. The number of halogens is 4. The third-order valence-electron chi connectivity index (χ3n) is 0.513. The fourth-order valence-electron chi connectivity index (χ4n) is 0.197. The summed E-state index contributed by atoms with van der Waals surface area (Å²) >= 11 is 0.122. The van der Waals surface area contributed by atoms with Crippen LogP contribution in [0.2, 0.25) is 0 Å². The molecule has 1 atom stereocenters. The van der Waals surface area contributed by atoms with Crippen LogP contribution in [0.1, 0.15) is 6.92 Å². The first kappa shape index (κ1) is 9.07. The molecule has 0 amide bonds. The molecule has 0 aromatic heterocycles. The molecule has 0 N–H and O–H groups in total. The largest absolute Gasteiger partial charge is 0.429 e. The lowest BCUT2D eigenvalue weighted by Gasteiger charge is -2.08. The highest BCUT2D eigenvalue weighted by molar-refractivity contribution is 8.01. The van der Waals surface area contributed by atoms with Crippen molar-refractivity contribution in [2.45, 2.75) is 18.6 Å². The first-order chi connectivity index (χ1) is 3.98. The molecule has 9 heavy (non-hydrogen) atoms. The highest BCUT2D eigenvalue weighted by atomic mass is 32.2. The van der Waals surface area contributed by atoms with Crippen LogP contribution < -0.4 is 0 Å². The van der Waals surface area contributed by atoms with Gasteiger partial charge in [-0.15, -0.1) is 11.8 Å². The Labute approximate surface area is 54.6 Å². The van der Waals surface area contributed by atoms with Crippen LogP contribution in [-0.4, -0.2) is 11.7 Å². The Bertz CT molecular complexity index is 79.1. The average molecular weight is 161 g/mol. The van der Waals surface area contributed by atoms with Gasteiger partial charge in [-0.1, -0.05) is 6.92 Å². The van der Waals surface area contributed by atoms with Crippen molar-refractivity contribution >= 4 is 11.8 Å². The fourth-order valence-corrected chi connectivity index (χ4v) is 0.590. The number of hydrogen-bond donors (Lipinski definition) is 0. The molecule has 0 saturated carbocycles. The van der Waals surface area contributed by atoms with Crippen LogP contribution >= 0.6 is 11.8 Å². The summed E-state index contributed by atoms with van der Waals surface area (Å²) in [6.45, 7) is 1.35. The number of hydrogen-bond acceptors (Lipinski definition) is 1. The standard InChI is InChI=1S/C4H5F4S/c1-2-9-3(5)4(6,7)8/h2-3H,1H3. The van der Waals surface area contributed by atoms with Crippen molar-refractivity contribution in [3.63, 3.8) is 0 Å². The van der Waals surface area contributed by atoms with E-state index in [-0.39, 0.29) is 11.8 Å². The van der Waals surface area contributed by atoms with Gasteiger partial charge in [0, 0.05) is 5.75 Å². The predicted molar refractivity (Wildman–Crippen MR) is 28.5 cm³/mol. The maximum Gasteiger partial charge on any atom is 0.429 e. The van der Waals surface area contributed by atoms with E-state index in [9.17, 15) is 17.6 Å². The maximum atomic E-state index is 11.7. The molecule has 0 rings (SSSR count). The molecule has 0 aromatic carbocycles. The van der Waals surface area contributed by atoms with E-state index in [2.05, 4.69) is 0 Å². The van der Waals surface area contributed by atoms with Crippen molar-refractivity contribution in [3.05, 3.63) is 5.75 Å². The molecule has 0 heterocycles. The molecule has 0 spiro atoms. The second kappa shape index (κ2) is 3.29. The molecule has 0 aliphatic carbocycles. The quantitative estimate of drug-likeness (QED) is 0.561. The summed E-state index contributed by atoms with van der Waals surface area (Å²) in [7, 11) is 0. The van der Waals surface area contributed by atoms with Gasteiger partial charge in [0.25, 0.3) is 0 Å². The van der Waals surface area contributed by atoms with Crippen LogP contribution in [-0.2, 0) is 0 Å². The van der Waals surface area contributed by atoms with E-state index < -0.39 is 11.7 Å². The van der Waals surface area contributed by atoms with E-state index in [0.717, 1.165) is 5.75 Å². The highest BCUT2D eigenvalue weighted by Gasteiger charge is 2.39. The van der Waals surface area contributed by atoms with Gasteiger partial charge in [-0.25, -0.2) is 4.39 Å². The predicted octanol–water partition coefficient (Wildman–Crippen LogP) is 2.76. The zero-order chi connectivity index (χ0) is 7.49. The topological polar surface area (TPSA) is 0 Å². The molecular formula is C4H5F4S. The first-order valence-corrected chi connectivity index (χ1v) is 3.07. The highest BCUT2D eigenvalue weighted by Crippen LogP contribution is 2.32. The Hall–Kier alpha value is 0.0700. The van der Waals surface area contributed by atoms with E-state index in [0.29, 0.717) is 0 Å². The zero-order valence-electron chi connectivity index (χ0n) is 4.57. The summed E-state index contributed by atoms with van der Waals surface area (Å²) in [5, 5.41) is 0. The third kappa shape index (κ3) is 3.61. The summed E-state index contributed by atoms with van der Waals surface area (Å²) in [6, 6.07) is 0. The van der Waals surface area contributed by atoms with E-state index in [1.165, 1.54) is 6.92 Å². The van der Waals surface area contributed by atoms with Gasteiger partial charge in [0.05, 0.1) is 0 Å². The van der Waals surface area contributed by atoms with Gasteiger partial charge in [0.15, 0.2) is 0 Å². The zero-order valence-corrected chi connectivity index (χ0v) is 5.39. The summed E-state index contributed by atoms with van der Waals surface area (Å²) < 4.78 is 45.4. The Morgan fingerprint density at radius 1 is 1.44 bits per heavy atom. The molecule has 0 aromatic rings. The minimum absolute atomic E-state index is 0.122. The van der Waals surface area contributed by atoms with Crippen LogP contribution in [0.25, 0.3) is 0 Å². The van der Waals surface area contributed by atoms with Crippen LogP contribution in [0.5, 0.6) is 0 Å². The monoisotopic (exact) mass is 161 g/mol. The average Bonchev–Trinajstić information content (AvgIpc) is 1.64. The number of thioether (sulfide) groups is 1.